The van der Waals surface area contributed by atoms with Gasteiger partial charge in [0.25, 0.3) is 0 Å². The van der Waals surface area contributed by atoms with Gasteiger partial charge in [0.2, 0.25) is 47.3 Å². The SMILES string of the molecule is CSCC[C@H](NC(=O)[C@@H]1CCCN1C(=O)CNC(=O)[C@@H]1C[C@@H](O)CN1C(=O)[C@@H]1CCCN1C(=O)CNC(=O)[C@@H]1C[C@@H](O)CN1C(=O)[C@@H]1CCCN1)C(=O)NCC(=O)O. The van der Waals surface area contributed by atoms with Gasteiger partial charge in [0, 0.05) is 39.0 Å². The van der Waals surface area contributed by atoms with E-state index in [2.05, 4.69) is 26.6 Å². The Morgan fingerprint density at radius 3 is 1.76 bits per heavy atom. The molecule has 5 aliphatic rings. The number of hydrogen-bond acceptors (Lipinski definition) is 13. The van der Waals surface area contributed by atoms with E-state index in [-0.39, 0.29) is 57.8 Å². The van der Waals surface area contributed by atoms with Gasteiger partial charge in [-0.05, 0) is 63.5 Å². The summed E-state index contributed by atoms with van der Waals surface area (Å²) in [5.41, 5.74) is 0. The highest BCUT2D eigenvalue weighted by Crippen LogP contribution is 2.26. The van der Waals surface area contributed by atoms with Gasteiger partial charge in [-0.3, -0.25) is 43.2 Å². The van der Waals surface area contributed by atoms with Crippen LogP contribution in [-0.4, -0.2) is 201 Å². The molecule has 0 radical (unpaired) electrons. The highest BCUT2D eigenvalue weighted by molar-refractivity contribution is 7.98. The zero-order valence-corrected chi connectivity index (χ0v) is 33.4. The molecule has 5 heterocycles. The van der Waals surface area contributed by atoms with Crippen LogP contribution in [0.3, 0.4) is 0 Å². The molecule has 5 fully saturated rings. The van der Waals surface area contributed by atoms with Crippen LogP contribution < -0.4 is 26.6 Å². The Balaban J connectivity index is 1.13. The number of nitrogens with one attached hydrogen (secondary N) is 5. The minimum Gasteiger partial charge on any atom is -0.480 e. The molecule has 0 spiro atoms. The number of thioether (sulfide) groups is 1. The van der Waals surface area contributed by atoms with Crippen LogP contribution in [0.4, 0.5) is 0 Å². The summed E-state index contributed by atoms with van der Waals surface area (Å²) in [6.07, 6.45) is 3.00. The predicted molar refractivity (Wildman–Crippen MR) is 204 cm³/mol. The maximum Gasteiger partial charge on any atom is 0.322 e. The number of amides is 8. The van der Waals surface area contributed by atoms with E-state index in [0.29, 0.717) is 38.0 Å². The molecular weight excluding hydrogens is 783 g/mol. The third kappa shape index (κ3) is 10.9. The third-order valence-corrected chi connectivity index (χ3v) is 12.0. The second-order valence-corrected chi connectivity index (χ2v) is 16.3. The van der Waals surface area contributed by atoms with E-state index < -0.39 is 115 Å². The molecule has 0 aliphatic carbocycles. The van der Waals surface area contributed by atoms with E-state index in [9.17, 15) is 53.4 Å². The number of carboxylic acid groups (broad SMARTS) is 1. The molecule has 58 heavy (non-hydrogen) atoms. The minimum atomic E-state index is -1.24. The van der Waals surface area contributed by atoms with E-state index in [1.54, 1.807) is 0 Å². The van der Waals surface area contributed by atoms with Gasteiger partial charge < -0.3 is 61.5 Å². The fourth-order valence-electron chi connectivity index (χ4n) is 8.38. The Labute approximate surface area is 339 Å². The second kappa shape index (κ2) is 20.4. The molecule has 0 unspecified atom stereocenters. The normalized spacial score (nSPS) is 27.3. The average Bonchev–Trinajstić information content (AvgIpc) is 4.05. The molecule has 8 atom stereocenters. The van der Waals surface area contributed by atoms with E-state index in [0.717, 1.165) is 6.42 Å². The Kier molecular flexibility index (Phi) is 15.7. The summed E-state index contributed by atoms with van der Waals surface area (Å²) < 4.78 is 0. The van der Waals surface area contributed by atoms with Gasteiger partial charge in [0.05, 0.1) is 31.3 Å². The average molecular weight is 838 g/mol. The van der Waals surface area contributed by atoms with Crippen LogP contribution in [0, 0.1) is 0 Å². The van der Waals surface area contributed by atoms with E-state index in [1.165, 1.54) is 31.4 Å². The zero-order valence-electron chi connectivity index (χ0n) is 32.6. The summed E-state index contributed by atoms with van der Waals surface area (Å²) in [6, 6.07) is -5.47. The number of rotatable bonds is 16. The molecule has 8 amide bonds. The highest BCUT2D eigenvalue weighted by Gasteiger charge is 2.46. The summed E-state index contributed by atoms with van der Waals surface area (Å²) in [5.74, 6) is -5.28. The molecule has 5 saturated heterocycles. The van der Waals surface area contributed by atoms with Crippen LogP contribution in [0.2, 0.25) is 0 Å². The van der Waals surface area contributed by atoms with Gasteiger partial charge in [0.15, 0.2) is 0 Å². The molecule has 8 N–H and O–H groups in total. The molecule has 322 valence electrons. The van der Waals surface area contributed by atoms with Gasteiger partial charge >= 0.3 is 5.97 Å². The number of carbonyl (C=O) groups excluding carboxylic acids is 8. The first-order chi connectivity index (χ1) is 27.7. The van der Waals surface area contributed by atoms with E-state index in [1.807, 2.05) is 6.26 Å². The van der Waals surface area contributed by atoms with Crippen molar-refractivity contribution >= 4 is 65.0 Å². The summed E-state index contributed by atoms with van der Waals surface area (Å²) in [6.45, 7) is -0.669. The van der Waals surface area contributed by atoms with Gasteiger partial charge in [-0.15, -0.1) is 0 Å². The number of hydrogen-bond donors (Lipinski definition) is 8. The number of aliphatic carboxylic acids is 1. The van der Waals surface area contributed by atoms with Crippen molar-refractivity contribution in [3.05, 3.63) is 0 Å². The predicted octanol–water partition coefficient (Wildman–Crippen LogP) is -4.68. The van der Waals surface area contributed by atoms with E-state index >= 15 is 0 Å². The molecule has 0 aromatic heterocycles. The number of β-amino-alcohol motifs (C(OH)–C–C–N with tert-alkyl or cyclic N) is 2. The van der Waals surface area contributed by atoms with Crippen molar-refractivity contribution in [2.24, 2.45) is 0 Å². The first-order valence-electron chi connectivity index (χ1n) is 19.8. The topological polar surface area (TPSA) is 287 Å². The summed E-state index contributed by atoms with van der Waals surface area (Å²) >= 11 is 1.44. The Bertz CT molecular complexity index is 1600. The van der Waals surface area contributed by atoms with Crippen LogP contribution in [0.5, 0.6) is 0 Å². The van der Waals surface area contributed by atoms with Crippen molar-refractivity contribution < 1.29 is 58.5 Å². The standard InChI is InChI=1S/C36H55N9O12S/c1-58-12-8-22(31(52)40-17-30(50)51)41-34(55)24-6-3-10-42(24)28(48)15-38-33(54)27-14-21(47)19-45(27)36(57)25-7-4-11-43(25)29(49)16-39-32(53)26-13-20(46)18-44(26)35(56)23-5-2-9-37-23/h20-27,37,46-47H,2-19H2,1H3,(H,38,54)(H,39,53)(H,40,52)(H,41,55)(H,50,51)/t20-,21-,22+,23+,24+,25+,26+,27+/m1/s1. The molecule has 5 aliphatic heterocycles. The number of nitrogens with zero attached hydrogens (tertiary/aromatic N) is 4. The first-order valence-corrected chi connectivity index (χ1v) is 21.2. The maximum atomic E-state index is 13.9. The monoisotopic (exact) mass is 837 g/mol. The van der Waals surface area contributed by atoms with Gasteiger partial charge in [-0.1, -0.05) is 0 Å². The number of aliphatic hydroxyl groups excluding tert-OH is 2. The Hall–Kier alpha value is -4.54. The van der Waals surface area contributed by atoms with Crippen molar-refractivity contribution in [2.45, 2.75) is 106 Å². The molecule has 5 rings (SSSR count). The van der Waals surface area contributed by atoms with Crippen molar-refractivity contribution in [3.8, 4) is 0 Å². The van der Waals surface area contributed by atoms with Crippen LogP contribution in [-0.2, 0) is 43.2 Å². The zero-order chi connectivity index (χ0) is 42.1. The molecule has 22 heteroatoms. The minimum absolute atomic E-state index is 0.00530. The van der Waals surface area contributed by atoms with Crippen molar-refractivity contribution in [2.75, 3.05) is 64.4 Å². The summed E-state index contributed by atoms with van der Waals surface area (Å²) in [4.78, 5) is 122. The Morgan fingerprint density at radius 1 is 0.672 bits per heavy atom. The summed E-state index contributed by atoms with van der Waals surface area (Å²) in [5, 5.41) is 42.8. The Morgan fingerprint density at radius 2 is 1.22 bits per heavy atom. The lowest BCUT2D eigenvalue weighted by molar-refractivity contribution is -0.147. The number of carbonyl (C=O) groups is 9. The lowest BCUT2D eigenvalue weighted by Crippen LogP contribution is -2.56. The molecule has 0 aromatic rings. The third-order valence-electron chi connectivity index (χ3n) is 11.3. The lowest BCUT2D eigenvalue weighted by atomic mass is 10.1. The van der Waals surface area contributed by atoms with Crippen LogP contribution in [0.1, 0.15) is 57.8 Å². The largest absolute Gasteiger partial charge is 0.480 e. The van der Waals surface area contributed by atoms with Crippen molar-refractivity contribution in [1.82, 2.24) is 46.2 Å². The fourth-order valence-corrected chi connectivity index (χ4v) is 8.85. The maximum absolute atomic E-state index is 13.9. The van der Waals surface area contributed by atoms with Crippen molar-refractivity contribution in [3.63, 3.8) is 0 Å². The van der Waals surface area contributed by atoms with Crippen molar-refractivity contribution in [1.29, 1.82) is 0 Å². The van der Waals surface area contributed by atoms with Gasteiger partial charge in [0.1, 0.15) is 36.8 Å². The highest BCUT2D eigenvalue weighted by atomic mass is 32.2. The lowest BCUT2D eigenvalue weighted by Gasteiger charge is -2.31. The van der Waals surface area contributed by atoms with Crippen LogP contribution >= 0.6 is 11.8 Å². The molecule has 0 aromatic carbocycles. The second-order valence-electron chi connectivity index (χ2n) is 15.3. The number of likely N-dealkylation sites (tertiary alicyclic amines) is 4. The van der Waals surface area contributed by atoms with Gasteiger partial charge in [-0.25, -0.2) is 0 Å². The van der Waals surface area contributed by atoms with Crippen LogP contribution in [0.15, 0.2) is 0 Å². The quantitative estimate of drug-likeness (QED) is 0.0726. The first kappa shape index (κ1) is 44.6. The fraction of sp³-hybridized carbons (Fsp3) is 0.750. The molecule has 21 nitrogen and oxygen atoms in total. The van der Waals surface area contributed by atoms with E-state index in [4.69, 9.17) is 5.11 Å². The molecular formula is C36H55N9O12S. The van der Waals surface area contributed by atoms with Crippen LogP contribution in [0.25, 0.3) is 0 Å². The van der Waals surface area contributed by atoms with Gasteiger partial charge in [-0.2, -0.15) is 11.8 Å². The smallest absolute Gasteiger partial charge is 0.322 e. The summed E-state index contributed by atoms with van der Waals surface area (Å²) in [7, 11) is 0. The molecule has 0 bridgehead atoms. The number of aliphatic hydroxyl groups is 2. The molecule has 0 saturated carbocycles. The number of carboxylic acids is 1.